The van der Waals surface area contributed by atoms with Gasteiger partial charge < -0.3 is 9.47 Å². The first kappa shape index (κ1) is 14.9. The number of imidazole rings is 1. The summed E-state index contributed by atoms with van der Waals surface area (Å²) in [6.07, 6.45) is 2.69. The number of fused-ring (bicyclic) bond motifs is 1. The number of hydrogen-bond donors (Lipinski definition) is 1. The fourth-order valence-corrected chi connectivity index (χ4v) is 3.36. The average Bonchev–Trinajstić information content (AvgIpc) is 3.01. The van der Waals surface area contributed by atoms with Crippen LogP contribution in [0.3, 0.4) is 0 Å². The second-order valence-electron chi connectivity index (χ2n) is 7.06. The van der Waals surface area contributed by atoms with E-state index in [0.29, 0.717) is 0 Å². The molecular formula is C17H25N3S. The zero-order valence-electron chi connectivity index (χ0n) is 13.3. The van der Waals surface area contributed by atoms with Crippen LogP contribution in [0.4, 0.5) is 0 Å². The number of aromatic nitrogens is 2. The molecule has 2 heterocycles. The van der Waals surface area contributed by atoms with Gasteiger partial charge in [-0.05, 0) is 44.1 Å². The first-order chi connectivity index (χ1) is 9.95. The number of rotatable bonds is 3. The van der Waals surface area contributed by atoms with Gasteiger partial charge in [0.15, 0.2) is 0 Å². The molecule has 1 aromatic heterocycles. The van der Waals surface area contributed by atoms with Crippen LogP contribution in [0.5, 0.6) is 0 Å². The number of likely N-dealkylation sites (tertiary alicyclic amines) is 1. The molecule has 1 fully saturated rings. The van der Waals surface area contributed by atoms with Gasteiger partial charge in [-0.1, -0.05) is 20.8 Å². The topological polar surface area (TPSA) is 21.1 Å². The molecule has 0 bridgehead atoms. The fourth-order valence-electron chi connectivity index (χ4n) is 3.16. The molecule has 114 valence electrons. The number of hydrogen-bond acceptors (Lipinski definition) is 3. The second kappa shape index (κ2) is 5.65. The molecule has 2 aromatic rings. The molecular weight excluding hydrogens is 278 g/mol. The number of benzene rings is 1. The van der Waals surface area contributed by atoms with Crippen LogP contribution >= 0.6 is 12.6 Å². The Hall–Kier alpha value is -1.00. The normalized spacial score (nSPS) is 17.0. The van der Waals surface area contributed by atoms with Crippen LogP contribution in [0, 0.1) is 0 Å². The summed E-state index contributed by atoms with van der Waals surface area (Å²) < 4.78 is 2.40. The van der Waals surface area contributed by atoms with Gasteiger partial charge in [-0.25, -0.2) is 4.98 Å². The van der Waals surface area contributed by atoms with E-state index in [-0.39, 0.29) is 5.41 Å². The number of nitrogens with zero attached hydrogens (tertiary/aromatic N) is 3. The SMILES string of the molecule is CC(C)(C)c1nc2cc(S)ccc2n1CCN1CCCC1. The van der Waals surface area contributed by atoms with Crippen molar-refractivity contribution in [1.29, 1.82) is 0 Å². The molecule has 1 saturated heterocycles. The zero-order valence-corrected chi connectivity index (χ0v) is 14.2. The predicted octanol–water partition coefficient (Wildman–Crippen LogP) is 3.72. The van der Waals surface area contributed by atoms with E-state index in [4.69, 9.17) is 4.98 Å². The van der Waals surface area contributed by atoms with Crippen molar-refractivity contribution in [3.63, 3.8) is 0 Å². The lowest BCUT2D eigenvalue weighted by Gasteiger charge is -2.22. The monoisotopic (exact) mass is 303 g/mol. The van der Waals surface area contributed by atoms with Crippen molar-refractivity contribution in [3.8, 4) is 0 Å². The van der Waals surface area contributed by atoms with Crippen molar-refractivity contribution in [2.75, 3.05) is 19.6 Å². The molecule has 0 atom stereocenters. The summed E-state index contributed by atoms with van der Waals surface area (Å²) in [5, 5.41) is 0. The molecule has 0 amide bonds. The van der Waals surface area contributed by atoms with E-state index in [2.05, 4.69) is 61.1 Å². The Morgan fingerprint density at radius 1 is 1.14 bits per heavy atom. The summed E-state index contributed by atoms with van der Waals surface area (Å²) in [5.41, 5.74) is 2.35. The maximum absolute atomic E-state index is 4.89. The van der Waals surface area contributed by atoms with Crippen LogP contribution in [0.1, 0.15) is 39.4 Å². The van der Waals surface area contributed by atoms with E-state index < -0.39 is 0 Å². The molecule has 0 radical (unpaired) electrons. The van der Waals surface area contributed by atoms with E-state index in [1.807, 2.05) is 0 Å². The van der Waals surface area contributed by atoms with E-state index >= 15 is 0 Å². The first-order valence-corrected chi connectivity index (χ1v) is 8.32. The van der Waals surface area contributed by atoms with Gasteiger partial charge in [0.25, 0.3) is 0 Å². The highest BCUT2D eigenvalue weighted by molar-refractivity contribution is 7.80. The van der Waals surface area contributed by atoms with Crippen molar-refractivity contribution in [1.82, 2.24) is 14.5 Å². The molecule has 0 saturated carbocycles. The van der Waals surface area contributed by atoms with Gasteiger partial charge in [0.2, 0.25) is 0 Å². The van der Waals surface area contributed by atoms with Gasteiger partial charge in [0.05, 0.1) is 11.0 Å². The molecule has 3 rings (SSSR count). The molecule has 4 heteroatoms. The Balaban J connectivity index is 1.96. The number of thiol groups is 1. The molecule has 21 heavy (non-hydrogen) atoms. The lowest BCUT2D eigenvalue weighted by Crippen LogP contribution is -2.27. The van der Waals surface area contributed by atoms with E-state index in [9.17, 15) is 0 Å². The van der Waals surface area contributed by atoms with Crippen LogP contribution in [-0.2, 0) is 12.0 Å². The summed E-state index contributed by atoms with van der Waals surface area (Å²) in [6.45, 7) is 11.4. The summed E-state index contributed by atoms with van der Waals surface area (Å²) in [4.78, 5) is 8.43. The average molecular weight is 303 g/mol. The van der Waals surface area contributed by atoms with E-state index in [0.717, 1.165) is 23.5 Å². The standard InChI is InChI=1S/C17H25N3S/c1-17(2,3)16-18-14-12-13(21)6-7-15(14)20(16)11-10-19-8-4-5-9-19/h6-7,12,21H,4-5,8-11H2,1-3H3. The first-order valence-electron chi connectivity index (χ1n) is 7.87. The summed E-state index contributed by atoms with van der Waals surface area (Å²) >= 11 is 4.44. The van der Waals surface area contributed by atoms with Crippen molar-refractivity contribution in [2.24, 2.45) is 0 Å². The molecule has 0 spiro atoms. The molecule has 1 aromatic carbocycles. The summed E-state index contributed by atoms with van der Waals surface area (Å²) in [7, 11) is 0. The van der Waals surface area contributed by atoms with Gasteiger partial charge in [-0.2, -0.15) is 0 Å². The van der Waals surface area contributed by atoms with Crippen molar-refractivity contribution < 1.29 is 0 Å². The third-order valence-corrected chi connectivity index (χ3v) is 4.52. The zero-order chi connectivity index (χ0) is 15.0. The molecule has 0 N–H and O–H groups in total. The third kappa shape index (κ3) is 3.11. The van der Waals surface area contributed by atoms with Gasteiger partial charge in [-0.3, -0.25) is 0 Å². The Morgan fingerprint density at radius 2 is 1.86 bits per heavy atom. The highest BCUT2D eigenvalue weighted by Gasteiger charge is 2.23. The quantitative estimate of drug-likeness (QED) is 0.873. The largest absolute Gasteiger partial charge is 0.326 e. The molecule has 1 aliphatic heterocycles. The maximum Gasteiger partial charge on any atom is 0.115 e. The van der Waals surface area contributed by atoms with Gasteiger partial charge in [0, 0.05) is 23.4 Å². The highest BCUT2D eigenvalue weighted by Crippen LogP contribution is 2.27. The predicted molar refractivity (Wildman–Crippen MR) is 91.4 cm³/mol. The minimum Gasteiger partial charge on any atom is -0.326 e. The third-order valence-electron chi connectivity index (χ3n) is 4.24. The fraction of sp³-hybridized carbons (Fsp3) is 0.588. The lowest BCUT2D eigenvalue weighted by molar-refractivity contribution is 0.318. The van der Waals surface area contributed by atoms with Crippen LogP contribution < -0.4 is 0 Å². The summed E-state index contributed by atoms with van der Waals surface area (Å²) in [5.74, 6) is 1.18. The Labute approximate surface area is 132 Å². The van der Waals surface area contributed by atoms with Crippen LogP contribution in [0.15, 0.2) is 23.1 Å². The van der Waals surface area contributed by atoms with Gasteiger partial charge in [0.1, 0.15) is 5.82 Å². The molecule has 0 unspecified atom stereocenters. The molecule has 0 aliphatic carbocycles. The Morgan fingerprint density at radius 3 is 2.52 bits per heavy atom. The van der Waals surface area contributed by atoms with E-state index in [1.165, 1.54) is 37.3 Å². The van der Waals surface area contributed by atoms with Gasteiger partial charge >= 0.3 is 0 Å². The van der Waals surface area contributed by atoms with Crippen LogP contribution in [0.2, 0.25) is 0 Å². The minimum absolute atomic E-state index is 0.0563. The second-order valence-corrected chi connectivity index (χ2v) is 7.58. The van der Waals surface area contributed by atoms with Crippen LogP contribution in [0.25, 0.3) is 11.0 Å². The Kier molecular flexibility index (Phi) is 4.02. The van der Waals surface area contributed by atoms with Crippen molar-refractivity contribution in [3.05, 3.63) is 24.0 Å². The van der Waals surface area contributed by atoms with E-state index in [1.54, 1.807) is 0 Å². The molecule has 1 aliphatic rings. The highest BCUT2D eigenvalue weighted by atomic mass is 32.1. The van der Waals surface area contributed by atoms with Crippen molar-refractivity contribution >= 4 is 23.7 Å². The van der Waals surface area contributed by atoms with Crippen LogP contribution in [-0.4, -0.2) is 34.1 Å². The summed E-state index contributed by atoms with van der Waals surface area (Å²) in [6, 6.07) is 6.29. The minimum atomic E-state index is 0.0563. The van der Waals surface area contributed by atoms with Gasteiger partial charge in [-0.15, -0.1) is 12.6 Å². The lowest BCUT2D eigenvalue weighted by atomic mass is 9.95. The smallest absolute Gasteiger partial charge is 0.115 e. The van der Waals surface area contributed by atoms with Crippen molar-refractivity contribution in [2.45, 2.75) is 50.5 Å². The molecule has 3 nitrogen and oxygen atoms in total. The Bertz CT molecular complexity index is 633. The maximum atomic E-state index is 4.89.